The van der Waals surface area contributed by atoms with Crippen molar-refractivity contribution < 1.29 is 32.2 Å². The Kier molecular flexibility index (Phi) is 7.87. The topological polar surface area (TPSA) is 134 Å². The van der Waals surface area contributed by atoms with Crippen LogP contribution in [0.25, 0.3) is 0 Å². The number of rotatable bonds is 9. The number of benzene rings is 2. The maximum Gasteiger partial charge on any atom is 0.341 e. The highest BCUT2D eigenvalue weighted by Crippen LogP contribution is 2.29. The van der Waals surface area contributed by atoms with Crippen LogP contribution in [0.2, 0.25) is 4.34 Å². The summed E-state index contributed by atoms with van der Waals surface area (Å²) in [7, 11) is -4.20. The van der Waals surface area contributed by atoms with E-state index in [4.69, 9.17) is 21.4 Å². The second-order valence-corrected chi connectivity index (χ2v) is 10.4. The van der Waals surface area contributed by atoms with Gasteiger partial charge in [-0.05, 0) is 43.3 Å². The predicted molar refractivity (Wildman–Crippen MR) is 126 cm³/mol. The zero-order valence-electron chi connectivity index (χ0n) is 17.4. The number of carbonyl (C=O) groups is 2. The summed E-state index contributed by atoms with van der Waals surface area (Å²) in [4.78, 5) is 23.4. The first-order chi connectivity index (χ1) is 16.1. The van der Waals surface area contributed by atoms with Gasteiger partial charge in [-0.3, -0.25) is 9.52 Å². The van der Waals surface area contributed by atoms with Gasteiger partial charge in [0.15, 0.2) is 6.61 Å². The summed E-state index contributed by atoms with van der Waals surface area (Å²) in [5.74, 6) is -2.80. The Labute approximate surface area is 202 Å². The number of hydrogen-bond acceptors (Lipinski definition) is 7. The Balaban J connectivity index is 1.82. The van der Waals surface area contributed by atoms with Crippen molar-refractivity contribution in [2.24, 2.45) is 5.10 Å². The molecule has 3 N–H and O–H groups in total. The lowest BCUT2D eigenvalue weighted by molar-refractivity contribution is -0.139. The second kappa shape index (κ2) is 10.6. The highest BCUT2D eigenvalue weighted by molar-refractivity contribution is 7.94. The molecule has 0 atom stereocenters. The van der Waals surface area contributed by atoms with Gasteiger partial charge in [0.1, 0.15) is 15.8 Å². The summed E-state index contributed by atoms with van der Waals surface area (Å²) in [5, 5.41) is 12.6. The van der Waals surface area contributed by atoms with Crippen molar-refractivity contribution >= 4 is 56.7 Å². The van der Waals surface area contributed by atoms with Crippen LogP contribution < -0.4 is 14.9 Å². The number of halogens is 2. The molecule has 0 bridgehead atoms. The number of nitrogens with zero attached hydrogens (tertiary/aromatic N) is 1. The minimum Gasteiger partial charge on any atom is -0.481 e. The van der Waals surface area contributed by atoms with Gasteiger partial charge in [0.2, 0.25) is 0 Å². The van der Waals surface area contributed by atoms with Gasteiger partial charge in [-0.25, -0.2) is 23.0 Å². The molecule has 13 heteroatoms. The molecule has 0 unspecified atom stereocenters. The van der Waals surface area contributed by atoms with Crippen LogP contribution in [0.15, 0.2) is 57.8 Å². The summed E-state index contributed by atoms with van der Waals surface area (Å²) >= 11 is 6.55. The molecular formula is C21H17ClFN3O6S2. The normalized spacial score (nSPS) is 11.4. The molecule has 3 rings (SSSR count). The van der Waals surface area contributed by atoms with Crippen molar-refractivity contribution in [2.45, 2.75) is 11.1 Å². The number of hydrogen-bond donors (Lipinski definition) is 3. The van der Waals surface area contributed by atoms with Gasteiger partial charge in [-0.15, -0.1) is 11.3 Å². The quantitative estimate of drug-likeness (QED) is 0.287. The van der Waals surface area contributed by atoms with E-state index in [2.05, 4.69) is 15.2 Å². The first-order valence-corrected chi connectivity index (χ1v) is 12.1. The molecule has 3 aromatic rings. The number of nitrogens with one attached hydrogen (secondary N) is 2. The van der Waals surface area contributed by atoms with E-state index in [1.807, 2.05) is 0 Å². The molecule has 2 aromatic carbocycles. The number of thiophene rings is 1. The Bertz CT molecular complexity index is 1370. The smallest absolute Gasteiger partial charge is 0.341 e. The van der Waals surface area contributed by atoms with E-state index in [-0.39, 0.29) is 19.9 Å². The first-order valence-electron chi connectivity index (χ1n) is 9.42. The minimum absolute atomic E-state index is 0.154. The number of ether oxygens (including phenoxy) is 1. The number of anilines is 1. The van der Waals surface area contributed by atoms with E-state index in [9.17, 15) is 22.4 Å². The van der Waals surface area contributed by atoms with Crippen molar-refractivity contribution in [1.82, 2.24) is 5.43 Å². The largest absolute Gasteiger partial charge is 0.481 e. The number of amides is 1. The number of sulfonamides is 1. The molecule has 9 nitrogen and oxygen atoms in total. The average molecular weight is 526 g/mol. The van der Waals surface area contributed by atoms with Gasteiger partial charge >= 0.3 is 5.97 Å². The van der Waals surface area contributed by atoms with Gasteiger partial charge in [-0.1, -0.05) is 29.3 Å². The van der Waals surface area contributed by atoms with Crippen LogP contribution in [0.3, 0.4) is 0 Å². The van der Waals surface area contributed by atoms with Gasteiger partial charge < -0.3 is 9.84 Å². The molecule has 0 saturated heterocycles. The number of carboxylic acids is 1. The van der Waals surface area contributed by atoms with E-state index in [1.54, 1.807) is 25.1 Å². The number of aryl methyl sites for hydroxylation is 1. The van der Waals surface area contributed by atoms with Gasteiger partial charge in [-0.2, -0.15) is 5.10 Å². The van der Waals surface area contributed by atoms with E-state index in [0.29, 0.717) is 5.56 Å². The molecule has 34 heavy (non-hydrogen) atoms. The van der Waals surface area contributed by atoms with Gasteiger partial charge in [0.05, 0.1) is 21.8 Å². The maximum atomic E-state index is 14.5. The predicted octanol–water partition coefficient (Wildman–Crippen LogP) is 3.88. The highest BCUT2D eigenvalue weighted by atomic mass is 35.5. The van der Waals surface area contributed by atoms with E-state index in [1.165, 1.54) is 30.5 Å². The standard InChI is InChI=1S/C21H17ClFN3O6S2/c1-12-5-6-16(32-11-18(27)28)13(9-12)10-24-25-21(29)14-3-2-4-15(23)20(14)26-34(30,31)19-8-7-17(22)33-19/h2-10,26H,11H2,1H3,(H,25,29)(H,27,28)/b24-10-. The monoisotopic (exact) mass is 525 g/mol. The highest BCUT2D eigenvalue weighted by Gasteiger charge is 2.23. The molecule has 0 radical (unpaired) electrons. The van der Waals surface area contributed by atoms with Crippen molar-refractivity contribution in [2.75, 3.05) is 11.3 Å². The van der Waals surface area contributed by atoms with Crippen molar-refractivity contribution in [3.8, 4) is 5.75 Å². The van der Waals surface area contributed by atoms with E-state index < -0.39 is 40.0 Å². The van der Waals surface area contributed by atoms with E-state index >= 15 is 0 Å². The lowest BCUT2D eigenvalue weighted by Gasteiger charge is -2.12. The SMILES string of the molecule is Cc1ccc(OCC(=O)O)c(/C=N\NC(=O)c2cccc(F)c2NS(=O)(=O)c2ccc(Cl)s2)c1. The van der Waals surface area contributed by atoms with Crippen LogP contribution in [0.4, 0.5) is 10.1 Å². The summed E-state index contributed by atoms with van der Waals surface area (Å²) in [5.41, 5.74) is 2.54. The molecule has 1 heterocycles. The lowest BCUT2D eigenvalue weighted by Crippen LogP contribution is -2.22. The van der Waals surface area contributed by atoms with Crippen molar-refractivity contribution in [1.29, 1.82) is 0 Å². The molecule has 0 fully saturated rings. The lowest BCUT2D eigenvalue weighted by atomic mass is 10.1. The van der Waals surface area contributed by atoms with Gasteiger partial charge in [0, 0.05) is 5.56 Å². The molecule has 0 aliphatic rings. The summed E-state index contributed by atoms with van der Waals surface area (Å²) in [6.07, 6.45) is 1.22. The Morgan fingerprint density at radius 1 is 1.24 bits per heavy atom. The van der Waals surface area contributed by atoms with Gasteiger partial charge in [0.25, 0.3) is 15.9 Å². The maximum absolute atomic E-state index is 14.5. The molecular weight excluding hydrogens is 509 g/mol. The Morgan fingerprint density at radius 2 is 2.00 bits per heavy atom. The van der Waals surface area contributed by atoms with Crippen LogP contribution in [-0.4, -0.2) is 38.2 Å². The molecule has 0 spiro atoms. The third-order valence-corrected chi connectivity index (χ3v) is 7.27. The van der Waals surface area contributed by atoms with Crippen LogP contribution >= 0.6 is 22.9 Å². The molecule has 0 aliphatic carbocycles. The first kappa shape index (κ1) is 25.1. The number of hydrazone groups is 1. The van der Waals surface area contributed by atoms with Crippen LogP contribution in [0.5, 0.6) is 5.75 Å². The number of para-hydroxylation sites is 1. The summed E-state index contributed by atoms with van der Waals surface area (Å²) < 4.78 is 47.0. The molecule has 1 aromatic heterocycles. The minimum atomic E-state index is -4.20. The number of carbonyl (C=O) groups excluding carboxylic acids is 1. The molecule has 0 aliphatic heterocycles. The third kappa shape index (κ3) is 6.31. The second-order valence-electron chi connectivity index (χ2n) is 6.75. The average Bonchev–Trinajstić information content (AvgIpc) is 3.21. The molecule has 0 saturated carbocycles. The fraction of sp³-hybridized carbons (Fsp3) is 0.0952. The summed E-state index contributed by atoms with van der Waals surface area (Å²) in [6.45, 7) is 1.22. The van der Waals surface area contributed by atoms with E-state index in [0.717, 1.165) is 23.0 Å². The molecule has 178 valence electrons. The molecule has 1 amide bonds. The van der Waals surface area contributed by atoms with Crippen LogP contribution in [-0.2, 0) is 14.8 Å². The van der Waals surface area contributed by atoms with Crippen molar-refractivity contribution in [3.63, 3.8) is 0 Å². The Hall–Kier alpha value is -3.48. The van der Waals surface area contributed by atoms with Crippen LogP contribution in [0, 0.1) is 12.7 Å². The third-order valence-electron chi connectivity index (χ3n) is 4.19. The summed E-state index contributed by atoms with van der Waals surface area (Å²) in [6, 6.07) is 11.0. The number of aliphatic carboxylic acids is 1. The Morgan fingerprint density at radius 3 is 2.68 bits per heavy atom. The zero-order chi connectivity index (χ0) is 24.9. The fourth-order valence-electron chi connectivity index (χ4n) is 2.70. The van der Waals surface area contributed by atoms with Crippen molar-refractivity contribution in [3.05, 3.63) is 75.4 Å². The fourth-order valence-corrected chi connectivity index (χ4v) is 5.28. The zero-order valence-corrected chi connectivity index (χ0v) is 19.8. The number of carboxylic acid groups (broad SMARTS) is 1. The van der Waals surface area contributed by atoms with Crippen LogP contribution in [0.1, 0.15) is 21.5 Å².